The molecule has 1 fully saturated rings. The number of thiazole rings is 1. The number of amides is 1. The van der Waals surface area contributed by atoms with Gasteiger partial charge in [-0.2, -0.15) is 0 Å². The van der Waals surface area contributed by atoms with Crippen LogP contribution in [0.15, 0.2) is 29.6 Å². The highest BCUT2D eigenvalue weighted by Gasteiger charge is 2.43. The van der Waals surface area contributed by atoms with E-state index in [0.717, 1.165) is 24.8 Å². The lowest BCUT2D eigenvalue weighted by Gasteiger charge is -2.40. The van der Waals surface area contributed by atoms with Crippen molar-refractivity contribution in [3.8, 4) is 0 Å². The van der Waals surface area contributed by atoms with Gasteiger partial charge >= 0.3 is 5.97 Å². The highest BCUT2D eigenvalue weighted by molar-refractivity contribution is 7.09. The van der Waals surface area contributed by atoms with Crippen LogP contribution < -0.4 is 5.32 Å². The van der Waals surface area contributed by atoms with Crippen LogP contribution in [0.1, 0.15) is 40.3 Å². The minimum absolute atomic E-state index is 0.0117. The van der Waals surface area contributed by atoms with Crippen LogP contribution in [0, 0.1) is 11.2 Å². The van der Waals surface area contributed by atoms with Crippen LogP contribution in [0.25, 0.3) is 0 Å². The van der Waals surface area contributed by atoms with Crippen molar-refractivity contribution >= 4 is 23.2 Å². The van der Waals surface area contributed by atoms with E-state index in [9.17, 15) is 14.0 Å². The quantitative estimate of drug-likeness (QED) is 0.841. The zero-order valence-electron chi connectivity index (χ0n) is 12.9. The van der Waals surface area contributed by atoms with Crippen molar-refractivity contribution in [1.29, 1.82) is 0 Å². The average molecular weight is 348 g/mol. The molecule has 1 heterocycles. The van der Waals surface area contributed by atoms with E-state index in [-0.39, 0.29) is 24.0 Å². The summed E-state index contributed by atoms with van der Waals surface area (Å²) in [6, 6.07) is 6.33. The maximum absolute atomic E-state index is 13.3. The summed E-state index contributed by atoms with van der Waals surface area (Å²) >= 11 is 1.21. The van der Waals surface area contributed by atoms with Crippen molar-refractivity contribution in [3.05, 3.63) is 51.7 Å². The number of nitrogens with one attached hydrogen (secondary N) is 1. The number of carboxylic acid groups (broad SMARTS) is 1. The van der Waals surface area contributed by atoms with Gasteiger partial charge in [-0.05, 0) is 37.0 Å². The van der Waals surface area contributed by atoms with Gasteiger partial charge in [0.25, 0.3) is 0 Å². The summed E-state index contributed by atoms with van der Waals surface area (Å²) in [6.07, 6.45) is 3.03. The normalized spacial score (nSPS) is 15.5. The molecule has 1 aromatic heterocycles. The molecule has 24 heavy (non-hydrogen) atoms. The standard InChI is InChI=1S/C17H17FN2O3S/c18-12-4-1-3-11(7-12)8-17(5-2-6-17)16(23)19-9-14-20-13(10-24-14)15(21)22/h1,3-4,7,10H,2,5-6,8-9H2,(H,19,23)(H,21,22). The Labute approximate surface area is 142 Å². The lowest BCUT2D eigenvalue weighted by atomic mass is 9.64. The molecule has 0 radical (unpaired) electrons. The van der Waals surface area contributed by atoms with E-state index in [4.69, 9.17) is 5.11 Å². The lowest BCUT2D eigenvalue weighted by molar-refractivity contribution is -0.136. The maximum atomic E-state index is 13.3. The molecule has 0 saturated heterocycles. The van der Waals surface area contributed by atoms with Crippen molar-refractivity contribution in [2.75, 3.05) is 0 Å². The molecule has 1 saturated carbocycles. The molecule has 0 atom stereocenters. The van der Waals surface area contributed by atoms with Crippen molar-refractivity contribution < 1.29 is 19.1 Å². The number of halogens is 1. The van der Waals surface area contributed by atoms with Crippen molar-refractivity contribution in [1.82, 2.24) is 10.3 Å². The minimum Gasteiger partial charge on any atom is -0.476 e. The van der Waals surface area contributed by atoms with E-state index in [1.54, 1.807) is 6.07 Å². The first-order valence-corrected chi connectivity index (χ1v) is 8.57. The van der Waals surface area contributed by atoms with Gasteiger partial charge in [0.2, 0.25) is 5.91 Å². The Morgan fingerprint density at radius 3 is 2.75 bits per heavy atom. The van der Waals surface area contributed by atoms with Crippen LogP contribution in [-0.2, 0) is 17.8 Å². The van der Waals surface area contributed by atoms with E-state index < -0.39 is 11.4 Å². The number of carbonyl (C=O) groups is 2. The third-order valence-electron chi connectivity index (χ3n) is 4.39. The van der Waals surface area contributed by atoms with E-state index in [2.05, 4.69) is 10.3 Å². The van der Waals surface area contributed by atoms with Crippen LogP contribution >= 0.6 is 11.3 Å². The Morgan fingerprint density at radius 2 is 2.17 bits per heavy atom. The van der Waals surface area contributed by atoms with Crippen LogP contribution in [-0.4, -0.2) is 22.0 Å². The van der Waals surface area contributed by atoms with Crippen LogP contribution in [0.5, 0.6) is 0 Å². The van der Waals surface area contributed by atoms with Gasteiger partial charge in [-0.25, -0.2) is 14.2 Å². The fraction of sp³-hybridized carbons (Fsp3) is 0.353. The molecule has 3 rings (SSSR count). The van der Waals surface area contributed by atoms with E-state index >= 15 is 0 Å². The number of rotatable bonds is 6. The minimum atomic E-state index is -1.08. The van der Waals surface area contributed by atoms with Gasteiger partial charge < -0.3 is 10.4 Å². The van der Waals surface area contributed by atoms with Gasteiger partial charge in [0.15, 0.2) is 5.69 Å². The lowest BCUT2D eigenvalue weighted by Crippen LogP contribution is -2.46. The van der Waals surface area contributed by atoms with Gasteiger partial charge in [-0.3, -0.25) is 4.79 Å². The number of nitrogens with zero attached hydrogens (tertiary/aromatic N) is 1. The first kappa shape index (κ1) is 16.6. The number of carboxylic acids is 1. The molecule has 1 aliphatic rings. The molecule has 0 aliphatic heterocycles. The first-order valence-electron chi connectivity index (χ1n) is 7.69. The number of benzene rings is 1. The van der Waals surface area contributed by atoms with Crippen LogP contribution in [0.2, 0.25) is 0 Å². The number of hydrogen-bond donors (Lipinski definition) is 2. The number of carbonyl (C=O) groups excluding carboxylic acids is 1. The summed E-state index contributed by atoms with van der Waals surface area (Å²) in [5.41, 5.74) is 0.301. The summed E-state index contributed by atoms with van der Waals surface area (Å²) in [5, 5.41) is 13.7. The monoisotopic (exact) mass is 348 g/mol. The Kier molecular flexibility index (Phi) is 4.62. The zero-order chi connectivity index (χ0) is 17.2. The van der Waals surface area contributed by atoms with Crippen LogP contribution in [0.4, 0.5) is 4.39 Å². The predicted octanol–water partition coefficient (Wildman–Crippen LogP) is 3.01. The third kappa shape index (κ3) is 3.46. The second kappa shape index (κ2) is 6.68. The van der Waals surface area contributed by atoms with Gasteiger partial charge in [0.05, 0.1) is 12.0 Å². The van der Waals surface area contributed by atoms with E-state index in [0.29, 0.717) is 11.4 Å². The summed E-state index contributed by atoms with van der Waals surface area (Å²) in [7, 11) is 0. The van der Waals surface area contributed by atoms with Gasteiger partial charge in [0.1, 0.15) is 10.8 Å². The molecule has 0 bridgehead atoms. The van der Waals surface area contributed by atoms with Gasteiger partial charge in [-0.15, -0.1) is 11.3 Å². The van der Waals surface area contributed by atoms with E-state index in [1.807, 2.05) is 6.07 Å². The van der Waals surface area contributed by atoms with Crippen molar-refractivity contribution in [2.45, 2.75) is 32.2 Å². The zero-order valence-corrected chi connectivity index (χ0v) is 13.7. The van der Waals surface area contributed by atoms with Crippen LogP contribution in [0.3, 0.4) is 0 Å². The molecule has 2 aromatic rings. The fourth-order valence-electron chi connectivity index (χ4n) is 2.96. The summed E-state index contributed by atoms with van der Waals surface area (Å²) in [4.78, 5) is 27.4. The maximum Gasteiger partial charge on any atom is 0.355 e. The van der Waals surface area contributed by atoms with Crippen molar-refractivity contribution in [3.63, 3.8) is 0 Å². The van der Waals surface area contributed by atoms with Gasteiger partial charge in [0, 0.05) is 5.38 Å². The Bertz CT molecular complexity index is 771. The molecule has 1 aliphatic carbocycles. The smallest absolute Gasteiger partial charge is 0.355 e. The second-order valence-corrected chi connectivity index (χ2v) is 7.00. The average Bonchev–Trinajstić information content (AvgIpc) is 2.98. The molecule has 2 N–H and O–H groups in total. The highest BCUT2D eigenvalue weighted by atomic mass is 32.1. The fourth-order valence-corrected chi connectivity index (χ4v) is 3.67. The molecule has 1 amide bonds. The summed E-state index contributed by atoms with van der Waals surface area (Å²) < 4.78 is 13.3. The summed E-state index contributed by atoms with van der Waals surface area (Å²) in [6.45, 7) is 0.210. The molecule has 126 valence electrons. The second-order valence-electron chi connectivity index (χ2n) is 6.05. The Balaban J connectivity index is 1.64. The molecule has 1 aromatic carbocycles. The van der Waals surface area contributed by atoms with Crippen molar-refractivity contribution in [2.24, 2.45) is 5.41 Å². The molecule has 0 spiro atoms. The topological polar surface area (TPSA) is 79.3 Å². The Hall–Kier alpha value is -2.28. The number of aromatic nitrogens is 1. The molecule has 7 heteroatoms. The Morgan fingerprint density at radius 1 is 1.38 bits per heavy atom. The molecule has 5 nitrogen and oxygen atoms in total. The third-order valence-corrected chi connectivity index (χ3v) is 5.24. The first-order chi connectivity index (χ1) is 11.5. The highest BCUT2D eigenvalue weighted by Crippen LogP contribution is 2.44. The predicted molar refractivity (Wildman–Crippen MR) is 87.3 cm³/mol. The SMILES string of the molecule is O=C(O)c1csc(CNC(=O)C2(Cc3cccc(F)c3)CCC2)n1. The molecule has 0 unspecified atom stereocenters. The largest absolute Gasteiger partial charge is 0.476 e. The molecular formula is C17H17FN2O3S. The summed E-state index contributed by atoms with van der Waals surface area (Å²) in [5.74, 6) is -1.46. The number of hydrogen-bond acceptors (Lipinski definition) is 4. The van der Waals surface area contributed by atoms with E-state index in [1.165, 1.54) is 28.8 Å². The molecular weight excluding hydrogens is 331 g/mol. The van der Waals surface area contributed by atoms with Gasteiger partial charge in [-0.1, -0.05) is 18.6 Å². The number of aromatic carboxylic acids is 1.